The van der Waals surface area contributed by atoms with Crippen molar-refractivity contribution < 1.29 is 23.9 Å². The van der Waals surface area contributed by atoms with Gasteiger partial charge in [-0.05, 0) is 42.2 Å². The van der Waals surface area contributed by atoms with Gasteiger partial charge in [-0.2, -0.15) is 0 Å². The van der Waals surface area contributed by atoms with E-state index >= 15 is 0 Å². The highest BCUT2D eigenvalue weighted by molar-refractivity contribution is 6.21. The van der Waals surface area contributed by atoms with E-state index in [1.807, 2.05) is 36.4 Å². The van der Waals surface area contributed by atoms with E-state index in [1.165, 1.54) is 0 Å². The minimum atomic E-state index is -0.723. The third-order valence-corrected chi connectivity index (χ3v) is 5.59. The van der Waals surface area contributed by atoms with Crippen LogP contribution in [0.1, 0.15) is 38.2 Å². The molecule has 2 aromatic carbocycles. The number of hydrogen-bond donors (Lipinski definition) is 2. The molecule has 0 radical (unpaired) electrons. The summed E-state index contributed by atoms with van der Waals surface area (Å²) in [6.07, 6.45) is 0.0500. The van der Waals surface area contributed by atoms with Crippen molar-refractivity contribution in [3.63, 3.8) is 0 Å². The van der Waals surface area contributed by atoms with E-state index in [0.717, 1.165) is 10.5 Å². The summed E-state index contributed by atoms with van der Waals surface area (Å²) in [4.78, 5) is 38.5. The van der Waals surface area contributed by atoms with E-state index in [2.05, 4.69) is 24.5 Å². The fraction of sp³-hybridized carbons (Fsp3) is 0.375. The smallest absolute Gasteiger partial charge is 0.329 e. The highest BCUT2D eigenvalue weighted by Crippen LogP contribution is 2.30. The van der Waals surface area contributed by atoms with Crippen molar-refractivity contribution in [2.24, 2.45) is 0 Å². The molecule has 2 N–H and O–H groups in total. The van der Waals surface area contributed by atoms with Crippen LogP contribution in [-0.2, 0) is 9.59 Å². The lowest BCUT2D eigenvalue weighted by Crippen LogP contribution is -2.41. The van der Waals surface area contributed by atoms with Gasteiger partial charge in [-0.25, -0.2) is 9.69 Å². The Labute approximate surface area is 186 Å². The first-order valence-electron chi connectivity index (χ1n) is 10.8. The number of ether oxygens (including phenoxy) is 2. The first kappa shape index (κ1) is 21.7. The lowest BCUT2D eigenvalue weighted by molar-refractivity contribution is -0.122. The van der Waals surface area contributed by atoms with E-state index in [4.69, 9.17) is 9.47 Å². The van der Waals surface area contributed by atoms with Crippen molar-refractivity contribution in [1.29, 1.82) is 0 Å². The predicted octanol–water partition coefficient (Wildman–Crippen LogP) is 2.97. The van der Waals surface area contributed by atoms with Crippen molar-refractivity contribution in [1.82, 2.24) is 10.6 Å². The molecule has 0 aromatic heterocycles. The fourth-order valence-corrected chi connectivity index (χ4v) is 3.73. The van der Waals surface area contributed by atoms with Crippen LogP contribution in [0.2, 0.25) is 0 Å². The number of imide groups is 1. The minimum Gasteiger partial charge on any atom is -0.486 e. The largest absolute Gasteiger partial charge is 0.486 e. The Morgan fingerprint density at radius 1 is 1.12 bits per heavy atom. The summed E-state index contributed by atoms with van der Waals surface area (Å²) in [7, 11) is 0. The number of amides is 4. The zero-order valence-electron chi connectivity index (χ0n) is 18.2. The lowest BCUT2D eigenvalue weighted by Gasteiger charge is -2.26. The maximum atomic E-state index is 12.7. The van der Waals surface area contributed by atoms with Gasteiger partial charge in [0.2, 0.25) is 5.91 Å². The summed E-state index contributed by atoms with van der Waals surface area (Å²) < 4.78 is 11.5. The van der Waals surface area contributed by atoms with Gasteiger partial charge >= 0.3 is 6.03 Å². The molecule has 0 saturated carbocycles. The third-order valence-electron chi connectivity index (χ3n) is 5.59. The summed E-state index contributed by atoms with van der Waals surface area (Å²) in [6, 6.07) is 13.6. The zero-order chi connectivity index (χ0) is 22.7. The second kappa shape index (κ2) is 9.30. The zero-order valence-corrected chi connectivity index (χ0v) is 18.2. The Morgan fingerprint density at radius 2 is 1.84 bits per heavy atom. The maximum absolute atomic E-state index is 12.7. The van der Waals surface area contributed by atoms with Crippen molar-refractivity contribution in [2.75, 3.05) is 18.1 Å². The molecular weight excluding hydrogens is 410 g/mol. The molecule has 1 fully saturated rings. The Kier molecular flexibility index (Phi) is 6.30. The van der Waals surface area contributed by atoms with Gasteiger partial charge in [0, 0.05) is 6.42 Å². The average Bonchev–Trinajstić information content (AvgIpc) is 3.09. The molecule has 0 spiro atoms. The van der Waals surface area contributed by atoms with E-state index in [1.54, 1.807) is 12.1 Å². The van der Waals surface area contributed by atoms with E-state index in [9.17, 15) is 14.4 Å². The molecule has 8 heteroatoms. The molecular formula is C24H27N3O5. The number of para-hydroxylation sites is 2. The van der Waals surface area contributed by atoms with Gasteiger partial charge in [-0.15, -0.1) is 0 Å². The molecule has 0 unspecified atom stereocenters. The van der Waals surface area contributed by atoms with Gasteiger partial charge in [-0.3, -0.25) is 9.59 Å². The third kappa shape index (κ3) is 4.69. The van der Waals surface area contributed by atoms with Crippen molar-refractivity contribution in [2.45, 2.75) is 44.8 Å². The van der Waals surface area contributed by atoms with E-state index < -0.39 is 12.1 Å². The first-order chi connectivity index (χ1) is 15.4. The molecule has 2 heterocycles. The number of fused-ring (bicyclic) bond motifs is 1. The summed E-state index contributed by atoms with van der Waals surface area (Å²) in [5.74, 6) is 1.14. The van der Waals surface area contributed by atoms with Gasteiger partial charge in [0.25, 0.3) is 5.91 Å². The average molecular weight is 437 g/mol. The summed E-state index contributed by atoms with van der Waals surface area (Å²) >= 11 is 0. The first-order valence-corrected chi connectivity index (χ1v) is 10.8. The van der Waals surface area contributed by atoms with Crippen LogP contribution >= 0.6 is 0 Å². The number of carbonyl (C=O) groups excluding carboxylic acids is 3. The van der Waals surface area contributed by atoms with Gasteiger partial charge in [0.05, 0.1) is 12.2 Å². The highest BCUT2D eigenvalue weighted by Gasteiger charge is 2.39. The van der Waals surface area contributed by atoms with Crippen LogP contribution in [0.15, 0.2) is 48.5 Å². The number of carbonyl (C=O) groups is 3. The maximum Gasteiger partial charge on any atom is 0.329 e. The van der Waals surface area contributed by atoms with Crippen molar-refractivity contribution in [3.05, 3.63) is 54.1 Å². The van der Waals surface area contributed by atoms with Crippen molar-refractivity contribution >= 4 is 23.5 Å². The normalized spacial score (nSPS) is 19.8. The monoisotopic (exact) mass is 437 g/mol. The predicted molar refractivity (Wildman–Crippen MR) is 119 cm³/mol. The SMILES string of the molecule is CC(C)c1ccc(N2C(=O)N[C@H](CCC(=O)NC[C@@H]3COc4ccccc4O3)C2=O)cc1. The van der Waals surface area contributed by atoms with E-state index in [0.29, 0.717) is 36.3 Å². The molecule has 2 aliphatic heterocycles. The highest BCUT2D eigenvalue weighted by atomic mass is 16.6. The van der Waals surface area contributed by atoms with Crippen LogP contribution in [0.5, 0.6) is 11.5 Å². The van der Waals surface area contributed by atoms with Crippen LogP contribution < -0.4 is 25.0 Å². The van der Waals surface area contributed by atoms with Gasteiger partial charge in [-0.1, -0.05) is 38.1 Å². The topological polar surface area (TPSA) is 97.0 Å². The molecule has 0 aliphatic carbocycles. The van der Waals surface area contributed by atoms with Crippen LogP contribution in [0.4, 0.5) is 10.5 Å². The molecule has 4 rings (SSSR count). The van der Waals surface area contributed by atoms with Crippen LogP contribution in [-0.4, -0.2) is 43.1 Å². The number of urea groups is 1. The number of benzene rings is 2. The number of nitrogens with one attached hydrogen (secondary N) is 2. The van der Waals surface area contributed by atoms with Gasteiger partial charge in [0.15, 0.2) is 11.5 Å². The molecule has 2 aromatic rings. The summed E-state index contributed by atoms with van der Waals surface area (Å²) in [5, 5.41) is 5.49. The van der Waals surface area contributed by atoms with E-state index in [-0.39, 0.29) is 30.8 Å². The number of anilines is 1. The molecule has 1 saturated heterocycles. The Balaban J connectivity index is 1.25. The quantitative estimate of drug-likeness (QED) is 0.649. The van der Waals surface area contributed by atoms with Gasteiger partial charge < -0.3 is 20.1 Å². The minimum absolute atomic E-state index is 0.112. The molecule has 4 amide bonds. The second-order valence-corrected chi connectivity index (χ2v) is 8.26. The Hall–Kier alpha value is -3.55. The molecule has 168 valence electrons. The standard InChI is InChI=1S/C24H27N3O5/c1-15(2)16-7-9-17(10-8-16)27-23(29)19(26-24(27)30)11-12-22(28)25-13-18-14-31-20-5-3-4-6-21(20)32-18/h3-10,15,18-19H,11-14H2,1-2H3,(H,25,28)(H,26,30)/t18-,19-/m1/s1. The summed E-state index contributed by atoms with van der Waals surface area (Å²) in [6.45, 7) is 4.80. The number of hydrogen-bond acceptors (Lipinski definition) is 5. The molecule has 32 heavy (non-hydrogen) atoms. The Bertz CT molecular complexity index is 1000. The molecule has 0 bridgehead atoms. The molecule has 2 atom stereocenters. The van der Waals surface area contributed by atoms with Crippen LogP contribution in [0, 0.1) is 0 Å². The fourth-order valence-electron chi connectivity index (χ4n) is 3.73. The number of nitrogens with zero attached hydrogens (tertiary/aromatic N) is 1. The van der Waals surface area contributed by atoms with Crippen molar-refractivity contribution in [3.8, 4) is 11.5 Å². The van der Waals surface area contributed by atoms with Gasteiger partial charge in [0.1, 0.15) is 18.8 Å². The van der Waals surface area contributed by atoms with Crippen LogP contribution in [0.25, 0.3) is 0 Å². The molecule has 2 aliphatic rings. The second-order valence-electron chi connectivity index (χ2n) is 8.26. The lowest BCUT2D eigenvalue weighted by atomic mass is 10.0. The van der Waals surface area contributed by atoms with Crippen LogP contribution in [0.3, 0.4) is 0 Å². The Morgan fingerprint density at radius 3 is 2.56 bits per heavy atom. The summed E-state index contributed by atoms with van der Waals surface area (Å²) in [5.41, 5.74) is 1.66. The molecule has 8 nitrogen and oxygen atoms in total. The number of rotatable bonds is 7.